The summed E-state index contributed by atoms with van der Waals surface area (Å²) >= 11 is 11.7. The van der Waals surface area contributed by atoms with Crippen LogP contribution in [0.25, 0.3) is 21.9 Å². The van der Waals surface area contributed by atoms with Crippen molar-refractivity contribution < 1.29 is 28.0 Å². The molecule has 4 amide bonds. The van der Waals surface area contributed by atoms with E-state index < -0.39 is 11.8 Å². The smallest absolute Gasteiger partial charge is 0.294 e. The number of aromatic nitrogens is 2. The summed E-state index contributed by atoms with van der Waals surface area (Å²) in [6.07, 6.45) is 13.7. The largest absolute Gasteiger partial charge is 0.449 e. The Labute approximate surface area is 423 Å². The summed E-state index contributed by atoms with van der Waals surface area (Å²) in [6.45, 7) is 2.37. The van der Waals surface area contributed by atoms with Crippen molar-refractivity contribution in [3.05, 3.63) is 107 Å². The number of likely N-dealkylation sites (tertiary alicyclic amines) is 1. The maximum Gasteiger partial charge on any atom is 0.294 e. The van der Waals surface area contributed by atoms with Crippen LogP contribution in [0, 0.1) is 11.8 Å². The molecule has 1 aliphatic heterocycles. The fourth-order valence-electron chi connectivity index (χ4n) is 8.72. The zero-order valence-electron chi connectivity index (χ0n) is 36.3. The first-order valence-corrected chi connectivity index (χ1v) is 22.4. The number of rotatable bonds is 9. The lowest BCUT2D eigenvalue weighted by Crippen LogP contribution is -2.42. The third-order valence-corrected chi connectivity index (χ3v) is 12.6. The molecule has 5 heterocycles. The second-order valence-electron chi connectivity index (χ2n) is 16.4. The molecule has 4 aromatic heterocycles. The highest BCUT2D eigenvalue weighted by atomic mass is 35.5. The first kappa shape index (κ1) is 55.0. The molecule has 3 aliphatic rings. The Kier molecular flexibility index (Phi) is 21.0. The van der Waals surface area contributed by atoms with Crippen molar-refractivity contribution >= 4 is 141 Å². The highest BCUT2D eigenvalue weighted by Crippen LogP contribution is 2.36. The Hall–Kier alpha value is -4.64. The summed E-state index contributed by atoms with van der Waals surface area (Å²) in [4.78, 5) is 62.7. The molecule has 2 aromatic carbocycles. The van der Waals surface area contributed by atoms with Gasteiger partial charge in [-0.2, -0.15) is 0 Å². The van der Waals surface area contributed by atoms with Gasteiger partial charge in [0.1, 0.15) is 34.2 Å². The molecular weight excluding hydrogens is 985 g/mol. The molecule has 14 nitrogen and oxygen atoms in total. The number of carbonyl (C=O) groups excluding carboxylic acids is 4. The number of anilines is 4. The Morgan fingerprint density at radius 3 is 1.39 bits per heavy atom. The SMILES string of the molecule is Cl.Cl.Cl.Cl.NC1CCC(C(=O)Nc2c(C(=O)Nc3ccc(Cl)cn3)oc3ccccc23)CC1.O=C(Nc1ccc(Cl)cn1)c1oc2ccccc2c1NC(=O)C1CCC(N2CCCCC2)CC1. The van der Waals surface area contributed by atoms with Gasteiger partial charge in [-0.25, -0.2) is 9.97 Å². The molecule has 0 bridgehead atoms. The highest BCUT2D eigenvalue weighted by Gasteiger charge is 2.32. The quantitative estimate of drug-likeness (QED) is 0.0929. The van der Waals surface area contributed by atoms with Gasteiger partial charge in [-0.05, 0) is 126 Å². The summed E-state index contributed by atoms with van der Waals surface area (Å²) in [5, 5.41) is 13.7. The van der Waals surface area contributed by atoms with Crippen LogP contribution in [0.4, 0.5) is 23.0 Å². The Morgan fingerprint density at radius 1 is 0.552 bits per heavy atom. The molecule has 2 aliphatic carbocycles. The summed E-state index contributed by atoms with van der Waals surface area (Å²) < 4.78 is 11.6. The lowest BCUT2D eigenvalue weighted by atomic mass is 9.84. The Balaban J connectivity index is 0.000000279. The fraction of sp³-hybridized carbons (Fsp3) is 0.362. The molecule has 3 fully saturated rings. The number of halogens is 6. The number of piperidine rings is 1. The third kappa shape index (κ3) is 13.8. The zero-order valence-corrected chi connectivity index (χ0v) is 41.1. The van der Waals surface area contributed by atoms with Gasteiger partial charge in [-0.3, -0.25) is 19.2 Å². The number of amides is 4. The molecule has 67 heavy (non-hydrogen) atoms. The maximum atomic E-state index is 13.2. The third-order valence-electron chi connectivity index (χ3n) is 12.2. The molecule has 20 heteroatoms. The van der Waals surface area contributed by atoms with E-state index in [1.807, 2.05) is 36.4 Å². The van der Waals surface area contributed by atoms with Crippen molar-refractivity contribution in [2.24, 2.45) is 17.6 Å². The van der Waals surface area contributed by atoms with Crippen LogP contribution in [0.1, 0.15) is 91.7 Å². The number of nitrogens with one attached hydrogen (secondary N) is 4. The number of benzene rings is 2. The van der Waals surface area contributed by atoms with Crippen molar-refractivity contribution in [1.29, 1.82) is 0 Å². The summed E-state index contributed by atoms with van der Waals surface area (Å²) in [6, 6.07) is 21.7. The average molecular weight is 1040 g/mol. The number of hydrogen-bond acceptors (Lipinski definition) is 10. The predicted molar refractivity (Wildman–Crippen MR) is 274 cm³/mol. The van der Waals surface area contributed by atoms with Gasteiger partial charge in [-0.1, -0.05) is 53.9 Å². The first-order chi connectivity index (χ1) is 30.6. The van der Waals surface area contributed by atoms with Crippen LogP contribution in [0.3, 0.4) is 0 Å². The van der Waals surface area contributed by atoms with Gasteiger partial charge in [-0.15, -0.1) is 49.6 Å². The molecule has 9 rings (SSSR count). The molecule has 0 unspecified atom stereocenters. The van der Waals surface area contributed by atoms with Crippen molar-refractivity contribution in [2.45, 2.75) is 82.7 Å². The monoisotopic (exact) mass is 1040 g/mol. The minimum Gasteiger partial charge on any atom is -0.449 e. The Bertz CT molecular complexity index is 2570. The van der Waals surface area contributed by atoms with Crippen molar-refractivity contribution in [3.8, 4) is 0 Å². The molecule has 0 spiro atoms. The van der Waals surface area contributed by atoms with Gasteiger partial charge in [0.2, 0.25) is 23.3 Å². The number of furan rings is 2. The molecule has 0 radical (unpaired) electrons. The van der Waals surface area contributed by atoms with E-state index in [-0.39, 0.29) is 90.8 Å². The van der Waals surface area contributed by atoms with Gasteiger partial charge in [0.05, 0.1) is 10.0 Å². The van der Waals surface area contributed by atoms with Crippen LogP contribution in [-0.4, -0.2) is 63.7 Å². The summed E-state index contributed by atoms with van der Waals surface area (Å²) in [5.41, 5.74) is 7.77. The number of hydrogen-bond donors (Lipinski definition) is 5. The van der Waals surface area contributed by atoms with Crippen LogP contribution in [0.15, 0.2) is 94.0 Å². The van der Waals surface area contributed by atoms with E-state index in [1.165, 1.54) is 44.7 Å². The molecular formula is C47H54Cl6N8O6. The van der Waals surface area contributed by atoms with E-state index in [2.05, 4.69) is 36.1 Å². The lowest BCUT2D eigenvalue weighted by molar-refractivity contribution is -0.121. The number of nitrogens with zero attached hydrogens (tertiary/aromatic N) is 3. The van der Waals surface area contributed by atoms with Crippen molar-refractivity contribution in [2.75, 3.05) is 34.4 Å². The number of nitrogens with two attached hydrogens (primary N) is 1. The average Bonchev–Trinajstić information content (AvgIpc) is 3.87. The van der Waals surface area contributed by atoms with E-state index in [0.29, 0.717) is 61.0 Å². The van der Waals surface area contributed by atoms with E-state index >= 15 is 0 Å². The van der Waals surface area contributed by atoms with E-state index in [0.717, 1.165) is 51.4 Å². The summed E-state index contributed by atoms with van der Waals surface area (Å²) in [7, 11) is 0. The second-order valence-corrected chi connectivity index (χ2v) is 17.3. The van der Waals surface area contributed by atoms with E-state index in [1.54, 1.807) is 36.4 Å². The van der Waals surface area contributed by atoms with Gasteiger partial charge in [0.15, 0.2) is 0 Å². The predicted octanol–water partition coefficient (Wildman–Crippen LogP) is 11.6. The minimum absolute atomic E-state index is 0. The van der Waals surface area contributed by atoms with Crippen LogP contribution < -0.4 is 27.0 Å². The van der Waals surface area contributed by atoms with Gasteiger partial charge < -0.3 is 40.7 Å². The molecule has 0 atom stereocenters. The maximum absolute atomic E-state index is 13.2. The van der Waals surface area contributed by atoms with E-state index in [4.69, 9.17) is 37.8 Å². The number of pyridine rings is 2. The standard InChI is InChI=1S/C26H29ClN4O3.C21H21ClN4O3.4ClH/c27-18-10-13-22(28-16-18)29-26(33)24-23(20-6-2-3-7-21(20)34-24)30-25(32)17-8-11-19(12-9-17)31-14-4-1-5-15-31;22-13-7-10-17(24-11-13)25-21(28)19-18(15-3-1-2-4-16(15)29-19)26-20(27)12-5-8-14(23)9-6-12;;;;/h2-3,6-7,10,13,16-17,19H,1,4-5,8-9,11-12,14-15H2,(H,30,32)(H,28,29,33);1-4,7,10-12,14H,5-6,8-9,23H2,(H,26,27)(H,24,25,28);4*1H. The van der Waals surface area contributed by atoms with Crippen molar-refractivity contribution in [3.63, 3.8) is 0 Å². The molecule has 1 saturated heterocycles. The molecule has 2 saturated carbocycles. The van der Waals surface area contributed by atoms with Crippen LogP contribution in [0.5, 0.6) is 0 Å². The van der Waals surface area contributed by atoms with Crippen LogP contribution in [-0.2, 0) is 9.59 Å². The normalized spacial score (nSPS) is 19.1. The first-order valence-electron chi connectivity index (χ1n) is 21.6. The highest BCUT2D eigenvalue weighted by molar-refractivity contribution is 6.30. The summed E-state index contributed by atoms with van der Waals surface area (Å²) in [5.74, 6) is -0.573. The minimum atomic E-state index is -0.503. The second kappa shape index (κ2) is 25.6. The number of carbonyl (C=O) groups is 4. The Morgan fingerprint density at radius 2 is 0.970 bits per heavy atom. The number of para-hydroxylation sites is 2. The molecule has 6 N–H and O–H groups in total. The van der Waals surface area contributed by atoms with Crippen LogP contribution >= 0.6 is 72.8 Å². The fourth-order valence-corrected chi connectivity index (χ4v) is 8.95. The van der Waals surface area contributed by atoms with Gasteiger partial charge in [0.25, 0.3) is 11.8 Å². The zero-order chi connectivity index (χ0) is 43.9. The van der Waals surface area contributed by atoms with Gasteiger partial charge in [0, 0.05) is 47.1 Å². The van der Waals surface area contributed by atoms with E-state index in [9.17, 15) is 19.2 Å². The lowest BCUT2D eigenvalue weighted by Gasteiger charge is -2.38. The molecule has 360 valence electrons. The topological polar surface area (TPSA) is 198 Å². The number of fused-ring (bicyclic) bond motifs is 2. The van der Waals surface area contributed by atoms with Crippen molar-refractivity contribution in [1.82, 2.24) is 14.9 Å². The molecule has 6 aromatic rings. The van der Waals surface area contributed by atoms with Crippen LogP contribution in [0.2, 0.25) is 10.0 Å². The van der Waals surface area contributed by atoms with Gasteiger partial charge >= 0.3 is 0 Å².